The van der Waals surface area contributed by atoms with E-state index in [1.165, 1.54) is 51.4 Å². The molecule has 0 bridgehead atoms. The molecule has 1 N–H and O–H groups in total. The molecule has 4 heteroatoms. The van der Waals surface area contributed by atoms with Gasteiger partial charge in [0.25, 0.3) is 0 Å². The van der Waals surface area contributed by atoms with E-state index >= 15 is 0 Å². The highest BCUT2D eigenvalue weighted by molar-refractivity contribution is 5.72. The lowest BCUT2D eigenvalue weighted by Gasteiger charge is -2.67. The quantitative estimate of drug-likeness (QED) is 0.540. The molecule has 1 aromatic heterocycles. The van der Waals surface area contributed by atoms with Crippen molar-refractivity contribution in [3.63, 3.8) is 0 Å². The molecule has 0 amide bonds. The van der Waals surface area contributed by atoms with Gasteiger partial charge in [-0.1, -0.05) is 46.8 Å². The minimum Gasteiger partial charge on any atom is -0.391 e. The Morgan fingerprint density at radius 3 is 2.18 bits per heavy atom. The molecule has 1 aromatic carbocycles. The van der Waals surface area contributed by atoms with Crippen molar-refractivity contribution in [2.24, 2.45) is 45.3 Å². The number of rotatable bonds is 3. The molecule has 34 heavy (non-hydrogen) atoms. The number of nitrogens with zero attached hydrogens (tertiary/aromatic N) is 3. The molecular formula is C30H45N3O. The normalized spacial score (nSPS) is 44.3. The summed E-state index contributed by atoms with van der Waals surface area (Å²) >= 11 is 0. The predicted octanol–water partition coefficient (Wildman–Crippen LogP) is 6.87. The SMILES string of the molecule is CC1(C)CCC2(C)C(CC[C@]3(C)C2CC[C@@]2(C)C3CC[C@@H]2C(O)Cn2nc3ccccc3n2)C1. The van der Waals surface area contributed by atoms with E-state index in [2.05, 4.69) is 44.8 Å². The fourth-order valence-corrected chi connectivity index (χ4v) is 10.3. The van der Waals surface area contributed by atoms with E-state index in [4.69, 9.17) is 0 Å². The monoisotopic (exact) mass is 463 g/mol. The first-order valence-corrected chi connectivity index (χ1v) is 14.0. The number of aliphatic hydroxyl groups excluding tert-OH is 1. The van der Waals surface area contributed by atoms with Gasteiger partial charge in [0.15, 0.2) is 0 Å². The molecule has 0 aliphatic heterocycles. The van der Waals surface area contributed by atoms with Crippen molar-refractivity contribution in [2.45, 2.75) is 105 Å². The van der Waals surface area contributed by atoms with Crippen molar-refractivity contribution in [3.8, 4) is 0 Å². The van der Waals surface area contributed by atoms with Gasteiger partial charge in [0.2, 0.25) is 0 Å². The second-order valence-corrected chi connectivity index (χ2v) is 14.3. The van der Waals surface area contributed by atoms with E-state index in [1.54, 1.807) is 4.80 Å². The Bertz CT molecular complexity index is 1040. The molecule has 4 nitrogen and oxygen atoms in total. The van der Waals surface area contributed by atoms with Crippen molar-refractivity contribution in [1.29, 1.82) is 0 Å². The van der Waals surface area contributed by atoms with Crippen LogP contribution in [0.2, 0.25) is 0 Å². The zero-order valence-electron chi connectivity index (χ0n) is 22.1. The Morgan fingerprint density at radius 2 is 1.47 bits per heavy atom. The Labute approximate surface area is 205 Å². The van der Waals surface area contributed by atoms with E-state index < -0.39 is 0 Å². The fourth-order valence-electron chi connectivity index (χ4n) is 10.3. The van der Waals surface area contributed by atoms with Gasteiger partial charge in [-0.2, -0.15) is 15.0 Å². The number of aliphatic hydroxyl groups is 1. The number of aromatic nitrogens is 3. The first-order chi connectivity index (χ1) is 16.1. The summed E-state index contributed by atoms with van der Waals surface area (Å²) in [6.07, 6.45) is 11.7. The molecule has 0 radical (unpaired) electrons. The first kappa shape index (κ1) is 23.0. The Balaban J connectivity index is 1.24. The Morgan fingerprint density at radius 1 is 0.824 bits per heavy atom. The van der Waals surface area contributed by atoms with Gasteiger partial charge >= 0.3 is 0 Å². The lowest BCUT2D eigenvalue weighted by atomic mass is 9.38. The molecule has 5 unspecified atom stereocenters. The first-order valence-electron chi connectivity index (χ1n) is 14.0. The van der Waals surface area contributed by atoms with Gasteiger partial charge in [-0.15, -0.1) is 0 Å². The maximum absolute atomic E-state index is 11.5. The van der Waals surface area contributed by atoms with Crippen LogP contribution >= 0.6 is 0 Å². The summed E-state index contributed by atoms with van der Waals surface area (Å²) in [5, 5.41) is 20.8. The van der Waals surface area contributed by atoms with Gasteiger partial charge in [-0.3, -0.25) is 0 Å². The minimum absolute atomic E-state index is 0.231. The van der Waals surface area contributed by atoms with Crippen LogP contribution in [0.1, 0.15) is 92.4 Å². The minimum atomic E-state index is -0.376. The molecule has 0 saturated heterocycles. The summed E-state index contributed by atoms with van der Waals surface area (Å²) in [4.78, 5) is 1.75. The standard InChI is InChI=1S/C30H45N3O/c1-27(2)16-17-28(3)20(18-27)12-14-30(5)25-11-10-21(29(25,4)15-13-26(28)30)24(34)19-33-31-22-8-6-7-9-23(22)32-33/h6-9,20-21,24-26,34H,10-19H2,1-5H3/t20?,21-,24?,25?,26?,28?,29-,30+/m1/s1. The second-order valence-electron chi connectivity index (χ2n) is 14.3. The molecule has 8 atom stereocenters. The topological polar surface area (TPSA) is 50.9 Å². The van der Waals surface area contributed by atoms with Crippen LogP contribution in [0, 0.1) is 45.3 Å². The highest BCUT2D eigenvalue weighted by Gasteiger charge is 2.65. The van der Waals surface area contributed by atoms with Crippen LogP contribution < -0.4 is 0 Å². The Hall–Kier alpha value is -1.42. The summed E-state index contributed by atoms with van der Waals surface area (Å²) in [5.74, 6) is 2.83. The molecule has 186 valence electrons. The third kappa shape index (κ3) is 3.26. The molecule has 4 aliphatic carbocycles. The van der Waals surface area contributed by atoms with Crippen LogP contribution in [0.25, 0.3) is 11.0 Å². The summed E-state index contributed by atoms with van der Waals surface area (Å²) in [6.45, 7) is 13.4. The third-order valence-corrected chi connectivity index (χ3v) is 12.0. The van der Waals surface area contributed by atoms with Crippen LogP contribution in [-0.2, 0) is 6.54 Å². The lowest BCUT2D eigenvalue weighted by molar-refractivity contribution is -0.180. The smallest absolute Gasteiger partial charge is 0.113 e. The molecule has 4 saturated carbocycles. The number of benzene rings is 1. The van der Waals surface area contributed by atoms with Crippen LogP contribution in [0.15, 0.2) is 24.3 Å². The lowest BCUT2D eigenvalue weighted by Crippen LogP contribution is -2.59. The van der Waals surface area contributed by atoms with E-state index in [9.17, 15) is 5.11 Å². The van der Waals surface area contributed by atoms with Gasteiger partial charge in [-0.05, 0) is 115 Å². The van der Waals surface area contributed by atoms with Gasteiger partial charge in [0, 0.05) is 0 Å². The summed E-state index contributed by atoms with van der Waals surface area (Å²) in [7, 11) is 0. The maximum Gasteiger partial charge on any atom is 0.113 e. The third-order valence-electron chi connectivity index (χ3n) is 12.0. The average Bonchev–Trinajstić information content (AvgIpc) is 3.35. The largest absolute Gasteiger partial charge is 0.391 e. The maximum atomic E-state index is 11.5. The molecular weight excluding hydrogens is 418 g/mol. The van der Waals surface area contributed by atoms with Crippen LogP contribution in [-0.4, -0.2) is 26.2 Å². The van der Waals surface area contributed by atoms with Crippen LogP contribution in [0.4, 0.5) is 0 Å². The van der Waals surface area contributed by atoms with Crippen molar-refractivity contribution in [3.05, 3.63) is 24.3 Å². The highest BCUT2D eigenvalue weighted by atomic mass is 16.3. The Kier molecular flexibility index (Phi) is 5.10. The van der Waals surface area contributed by atoms with Gasteiger partial charge in [0.05, 0.1) is 12.6 Å². The fraction of sp³-hybridized carbons (Fsp3) is 0.800. The number of hydrogen-bond donors (Lipinski definition) is 1. The van der Waals surface area contributed by atoms with Crippen molar-refractivity contribution in [2.75, 3.05) is 0 Å². The van der Waals surface area contributed by atoms with Gasteiger partial charge in [0.1, 0.15) is 11.0 Å². The summed E-state index contributed by atoms with van der Waals surface area (Å²) in [6, 6.07) is 8.01. The summed E-state index contributed by atoms with van der Waals surface area (Å²) in [5.41, 5.74) is 3.52. The van der Waals surface area contributed by atoms with Crippen molar-refractivity contribution < 1.29 is 5.11 Å². The molecule has 4 aliphatic rings. The molecule has 1 heterocycles. The molecule has 2 aromatic rings. The van der Waals surface area contributed by atoms with Gasteiger partial charge in [-0.25, -0.2) is 0 Å². The van der Waals surface area contributed by atoms with E-state index in [0.29, 0.717) is 28.7 Å². The van der Waals surface area contributed by atoms with E-state index in [1.807, 2.05) is 24.3 Å². The number of hydrogen-bond acceptors (Lipinski definition) is 3. The second kappa shape index (κ2) is 7.54. The molecule has 6 rings (SSSR count). The van der Waals surface area contributed by atoms with Crippen LogP contribution in [0.5, 0.6) is 0 Å². The van der Waals surface area contributed by atoms with Gasteiger partial charge < -0.3 is 5.11 Å². The zero-order valence-corrected chi connectivity index (χ0v) is 22.1. The van der Waals surface area contributed by atoms with Crippen molar-refractivity contribution in [1.82, 2.24) is 15.0 Å². The summed E-state index contributed by atoms with van der Waals surface area (Å²) < 4.78 is 0. The van der Waals surface area contributed by atoms with E-state index in [0.717, 1.165) is 35.2 Å². The predicted molar refractivity (Wildman–Crippen MR) is 137 cm³/mol. The molecule has 4 fully saturated rings. The van der Waals surface area contributed by atoms with E-state index in [-0.39, 0.29) is 11.5 Å². The molecule has 0 spiro atoms. The zero-order chi connectivity index (χ0) is 23.9. The average molecular weight is 464 g/mol. The van der Waals surface area contributed by atoms with Crippen LogP contribution in [0.3, 0.4) is 0 Å². The van der Waals surface area contributed by atoms with Crippen molar-refractivity contribution >= 4 is 11.0 Å². The number of fused-ring (bicyclic) bond motifs is 6. The highest BCUT2D eigenvalue weighted by Crippen LogP contribution is 2.73.